The first-order valence-electron chi connectivity index (χ1n) is 6.72. The van der Waals surface area contributed by atoms with Gasteiger partial charge in [-0.3, -0.25) is 4.79 Å². The van der Waals surface area contributed by atoms with Crippen LogP contribution in [0.1, 0.15) is 35.4 Å². The zero-order chi connectivity index (χ0) is 15.2. The first-order valence-corrected chi connectivity index (χ1v) is 7.09. The molecule has 110 valence electrons. The van der Waals surface area contributed by atoms with Gasteiger partial charge in [0.25, 0.3) is 5.91 Å². The maximum Gasteiger partial charge on any atom is 0.270 e. The van der Waals surface area contributed by atoms with Gasteiger partial charge in [-0.05, 0) is 24.6 Å². The minimum Gasteiger partial charge on any atom is -0.496 e. The topological polar surface area (TPSA) is 51.2 Å². The Bertz CT molecular complexity index is 631. The SMILES string of the molecule is CCC(NC(=O)c1cccc(Cl)n1)c1ccccc1OC. The molecule has 1 unspecified atom stereocenters. The lowest BCUT2D eigenvalue weighted by Crippen LogP contribution is -2.29. The molecule has 0 aliphatic rings. The second-order valence-corrected chi connectivity index (χ2v) is 4.91. The van der Waals surface area contributed by atoms with Gasteiger partial charge in [-0.2, -0.15) is 0 Å². The van der Waals surface area contributed by atoms with E-state index in [1.54, 1.807) is 25.3 Å². The second kappa shape index (κ2) is 7.09. The number of halogens is 1. The van der Waals surface area contributed by atoms with Gasteiger partial charge in [-0.15, -0.1) is 0 Å². The highest BCUT2D eigenvalue weighted by molar-refractivity contribution is 6.29. The molecule has 0 bridgehead atoms. The Hall–Kier alpha value is -2.07. The number of aromatic nitrogens is 1. The Morgan fingerprint density at radius 1 is 1.29 bits per heavy atom. The first kappa shape index (κ1) is 15.3. The fraction of sp³-hybridized carbons (Fsp3) is 0.250. The van der Waals surface area contributed by atoms with Crippen molar-refractivity contribution in [2.75, 3.05) is 7.11 Å². The van der Waals surface area contributed by atoms with Crippen LogP contribution in [0.5, 0.6) is 5.75 Å². The van der Waals surface area contributed by atoms with Crippen LogP contribution < -0.4 is 10.1 Å². The standard InChI is InChI=1S/C16H17ClN2O2/c1-3-12(11-7-4-5-9-14(11)21-2)19-16(20)13-8-6-10-15(17)18-13/h4-10,12H,3H2,1-2H3,(H,19,20). The molecule has 1 aromatic heterocycles. The maximum atomic E-state index is 12.3. The number of amides is 1. The number of hydrogen-bond donors (Lipinski definition) is 1. The summed E-state index contributed by atoms with van der Waals surface area (Å²) in [6.07, 6.45) is 0.743. The highest BCUT2D eigenvalue weighted by Gasteiger charge is 2.18. The number of methoxy groups -OCH3 is 1. The molecule has 21 heavy (non-hydrogen) atoms. The average Bonchev–Trinajstić information content (AvgIpc) is 2.52. The third-order valence-corrected chi connectivity index (χ3v) is 3.39. The summed E-state index contributed by atoms with van der Waals surface area (Å²) >= 11 is 5.81. The van der Waals surface area contributed by atoms with Crippen LogP contribution in [0.25, 0.3) is 0 Å². The van der Waals surface area contributed by atoms with E-state index in [-0.39, 0.29) is 11.9 Å². The van der Waals surface area contributed by atoms with Crippen LogP contribution >= 0.6 is 11.6 Å². The molecule has 0 saturated carbocycles. The number of nitrogens with one attached hydrogen (secondary N) is 1. The van der Waals surface area contributed by atoms with Crippen molar-refractivity contribution in [2.45, 2.75) is 19.4 Å². The van der Waals surface area contributed by atoms with E-state index in [1.165, 1.54) is 0 Å². The Kier molecular flexibility index (Phi) is 5.17. The quantitative estimate of drug-likeness (QED) is 0.858. The first-order chi connectivity index (χ1) is 10.2. The summed E-state index contributed by atoms with van der Waals surface area (Å²) in [5, 5.41) is 3.26. The summed E-state index contributed by atoms with van der Waals surface area (Å²) in [7, 11) is 1.62. The van der Waals surface area contributed by atoms with Crippen molar-refractivity contribution in [2.24, 2.45) is 0 Å². The zero-order valence-electron chi connectivity index (χ0n) is 12.0. The Labute approximate surface area is 129 Å². The van der Waals surface area contributed by atoms with Gasteiger partial charge in [0.1, 0.15) is 16.6 Å². The van der Waals surface area contributed by atoms with Gasteiger partial charge < -0.3 is 10.1 Å². The van der Waals surface area contributed by atoms with Crippen LogP contribution in [-0.4, -0.2) is 18.0 Å². The van der Waals surface area contributed by atoms with Gasteiger partial charge >= 0.3 is 0 Å². The van der Waals surface area contributed by atoms with E-state index < -0.39 is 0 Å². The van der Waals surface area contributed by atoms with Crippen LogP contribution in [0.3, 0.4) is 0 Å². The summed E-state index contributed by atoms with van der Waals surface area (Å²) in [6, 6.07) is 12.5. The molecule has 1 atom stereocenters. The van der Waals surface area contributed by atoms with Crippen molar-refractivity contribution in [3.63, 3.8) is 0 Å². The normalized spacial score (nSPS) is 11.8. The van der Waals surface area contributed by atoms with Crippen molar-refractivity contribution in [1.29, 1.82) is 0 Å². The maximum absolute atomic E-state index is 12.3. The van der Waals surface area contributed by atoms with Crippen LogP contribution in [-0.2, 0) is 0 Å². The van der Waals surface area contributed by atoms with Crippen LogP contribution in [0, 0.1) is 0 Å². The number of benzene rings is 1. The molecule has 2 aromatic rings. The fourth-order valence-corrected chi connectivity index (χ4v) is 2.28. The smallest absolute Gasteiger partial charge is 0.270 e. The van der Waals surface area contributed by atoms with E-state index in [1.807, 2.05) is 31.2 Å². The van der Waals surface area contributed by atoms with Gasteiger partial charge in [0.05, 0.1) is 13.2 Å². The number of para-hydroxylation sites is 1. The lowest BCUT2D eigenvalue weighted by atomic mass is 10.0. The van der Waals surface area contributed by atoms with Crippen molar-refractivity contribution >= 4 is 17.5 Å². The van der Waals surface area contributed by atoms with Gasteiger partial charge in [0, 0.05) is 5.56 Å². The largest absolute Gasteiger partial charge is 0.496 e. The number of nitrogens with zero attached hydrogens (tertiary/aromatic N) is 1. The molecule has 0 radical (unpaired) electrons. The number of carbonyl (C=O) groups excluding carboxylic acids is 1. The third-order valence-electron chi connectivity index (χ3n) is 3.18. The highest BCUT2D eigenvalue weighted by Crippen LogP contribution is 2.27. The summed E-state index contributed by atoms with van der Waals surface area (Å²) < 4.78 is 5.35. The second-order valence-electron chi connectivity index (χ2n) is 4.52. The monoisotopic (exact) mass is 304 g/mol. The number of rotatable bonds is 5. The number of carbonyl (C=O) groups is 1. The molecule has 0 saturated heterocycles. The lowest BCUT2D eigenvalue weighted by Gasteiger charge is -2.19. The van der Waals surface area contributed by atoms with Crippen molar-refractivity contribution < 1.29 is 9.53 Å². The van der Waals surface area contributed by atoms with E-state index in [2.05, 4.69) is 10.3 Å². The number of pyridine rings is 1. The molecular weight excluding hydrogens is 288 g/mol. The minimum absolute atomic E-state index is 0.144. The lowest BCUT2D eigenvalue weighted by molar-refractivity contribution is 0.0930. The molecule has 1 N–H and O–H groups in total. The molecule has 1 heterocycles. The van der Waals surface area contributed by atoms with Crippen LogP contribution in [0.15, 0.2) is 42.5 Å². The predicted molar refractivity (Wildman–Crippen MR) is 82.7 cm³/mol. The number of hydrogen-bond acceptors (Lipinski definition) is 3. The summed E-state index contributed by atoms with van der Waals surface area (Å²) in [6.45, 7) is 2.00. The molecule has 2 rings (SSSR count). The Balaban J connectivity index is 2.21. The molecular formula is C16H17ClN2O2. The van der Waals surface area contributed by atoms with Crippen molar-refractivity contribution in [1.82, 2.24) is 10.3 Å². The van der Waals surface area contributed by atoms with Crippen molar-refractivity contribution in [3.05, 3.63) is 58.9 Å². The van der Waals surface area contributed by atoms with Crippen LogP contribution in [0.4, 0.5) is 0 Å². The molecule has 0 spiro atoms. The fourth-order valence-electron chi connectivity index (χ4n) is 2.12. The molecule has 0 aliphatic heterocycles. The van der Waals surface area contributed by atoms with E-state index in [9.17, 15) is 4.79 Å². The Morgan fingerprint density at radius 2 is 2.05 bits per heavy atom. The zero-order valence-corrected chi connectivity index (χ0v) is 12.7. The Morgan fingerprint density at radius 3 is 2.71 bits per heavy atom. The number of ether oxygens (including phenoxy) is 1. The molecule has 1 aromatic carbocycles. The van der Waals surface area contributed by atoms with Crippen LogP contribution in [0.2, 0.25) is 5.15 Å². The predicted octanol–water partition coefficient (Wildman–Crippen LogP) is 3.62. The average molecular weight is 305 g/mol. The van der Waals surface area contributed by atoms with Gasteiger partial charge in [0.15, 0.2) is 0 Å². The van der Waals surface area contributed by atoms with E-state index in [4.69, 9.17) is 16.3 Å². The molecule has 5 heteroatoms. The van der Waals surface area contributed by atoms with E-state index >= 15 is 0 Å². The third kappa shape index (κ3) is 3.73. The molecule has 0 fully saturated rings. The summed E-state index contributed by atoms with van der Waals surface area (Å²) in [5.74, 6) is 0.499. The van der Waals surface area contributed by atoms with Gasteiger partial charge in [-0.25, -0.2) is 4.98 Å². The molecule has 4 nitrogen and oxygen atoms in total. The summed E-state index contributed by atoms with van der Waals surface area (Å²) in [4.78, 5) is 16.3. The minimum atomic E-state index is -0.254. The van der Waals surface area contributed by atoms with Gasteiger partial charge in [-0.1, -0.05) is 42.8 Å². The molecule has 1 amide bonds. The van der Waals surface area contributed by atoms with E-state index in [0.29, 0.717) is 10.8 Å². The molecule has 0 aliphatic carbocycles. The van der Waals surface area contributed by atoms with Gasteiger partial charge in [0.2, 0.25) is 0 Å². The highest BCUT2D eigenvalue weighted by atomic mass is 35.5. The van der Waals surface area contributed by atoms with E-state index in [0.717, 1.165) is 17.7 Å². The van der Waals surface area contributed by atoms with Crippen molar-refractivity contribution in [3.8, 4) is 5.75 Å². The summed E-state index contributed by atoms with van der Waals surface area (Å²) in [5.41, 5.74) is 1.24.